The first kappa shape index (κ1) is 19.5. The summed E-state index contributed by atoms with van der Waals surface area (Å²) >= 11 is 0. The van der Waals surface area contributed by atoms with Crippen LogP contribution in [0.5, 0.6) is 11.5 Å². The Morgan fingerprint density at radius 1 is 1.14 bits per heavy atom. The highest BCUT2D eigenvalue weighted by Gasteiger charge is 2.33. The van der Waals surface area contributed by atoms with E-state index in [1.54, 1.807) is 18.1 Å². The zero-order chi connectivity index (χ0) is 20.3. The molecular formula is C21H24N2O5. The Morgan fingerprint density at radius 2 is 1.79 bits per heavy atom. The van der Waals surface area contributed by atoms with Gasteiger partial charge in [0.1, 0.15) is 0 Å². The van der Waals surface area contributed by atoms with E-state index in [0.29, 0.717) is 30.2 Å². The highest BCUT2D eigenvalue weighted by Crippen LogP contribution is 2.39. The largest absolute Gasteiger partial charge is 0.493 e. The standard InChI is InChI=1S/C21H24N2O5/c1-13-4-6-15(7-5-13)22-21(26)23-9-8-14-10-18(27-2)19(28-3)11-16(14)17(23)12-20(24)25/h4-7,10-11,17H,8-9,12H2,1-3H3,(H,22,26)(H,24,25). The lowest BCUT2D eigenvalue weighted by Gasteiger charge is -2.37. The number of ether oxygens (including phenoxy) is 2. The fourth-order valence-corrected chi connectivity index (χ4v) is 3.49. The fourth-order valence-electron chi connectivity index (χ4n) is 3.49. The zero-order valence-corrected chi connectivity index (χ0v) is 16.2. The van der Waals surface area contributed by atoms with Crippen LogP contribution < -0.4 is 14.8 Å². The van der Waals surface area contributed by atoms with Crippen LogP contribution in [0.1, 0.15) is 29.2 Å². The molecule has 0 radical (unpaired) electrons. The second-order valence-corrected chi connectivity index (χ2v) is 6.76. The Balaban J connectivity index is 1.92. The van der Waals surface area contributed by atoms with Crippen molar-refractivity contribution in [3.63, 3.8) is 0 Å². The Bertz CT molecular complexity index is 879. The second-order valence-electron chi connectivity index (χ2n) is 6.76. The maximum absolute atomic E-state index is 12.9. The number of nitrogens with zero attached hydrogens (tertiary/aromatic N) is 1. The molecular weight excluding hydrogens is 360 g/mol. The number of benzene rings is 2. The van der Waals surface area contributed by atoms with Crippen LogP contribution in [0, 0.1) is 6.92 Å². The molecule has 1 unspecified atom stereocenters. The molecule has 0 bridgehead atoms. The van der Waals surface area contributed by atoms with E-state index in [4.69, 9.17) is 9.47 Å². The summed E-state index contributed by atoms with van der Waals surface area (Å²) in [5.41, 5.74) is 3.49. The first-order chi connectivity index (χ1) is 13.4. The third-order valence-corrected chi connectivity index (χ3v) is 4.93. The van der Waals surface area contributed by atoms with Crippen LogP contribution in [0.2, 0.25) is 0 Å². The summed E-state index contributed by atoms with van der Waals surface area (Å²) in [6.45, 7) is 2.38. The number of aryl methyl sites for hydroxylation is 1. The number of carboxylic acid groups (broad SMARTS) is 1. The lowest BCUT2D eigenvalue weighted by Crippen LogP contribution is -2.43. The number of anilines is 1. The summed E-state index contributed by atoms with van der Waals surface area (Å²) in [6, 6.07) is 10.2. The number of carbonyl (C=O) groups excluding carboxylic acids is 1. The maximum Gasteiger partial charge on any atom is 0.322 e. The maximum atomic E-state index is 12.9. The van der Waals surface area contributed by atoms with E-state index in [-0.39, 0.29) is 12.5 Å². The molecule has 1 atom stereocenters. The van der Waals surface area contributed by atoms with Gasteiger partial charge in [-0.15, -0.1) is 0 Å². The molecule has 0 saturated carbocycles. The second kappa shape index (κ2) is 8.21. The number of amides is 2. The Labute approximate surface area is 163 Å². The molecule has 0 fully saturated rings. The highest BCUT2D eigenvalue weighted by molar-refractivity contribution is 5.90. The van der Waals surface area contributed by atoms with Crippen molar-refractivity contribution in [1.29, 1.82) is 0 Å². The van der Waals surface area contributed by atoms with Crippen molar-refractivity contribution in [2.45, 2.75) is 25.8 Å². The predicted octanol–water partition coefficient (Wildman–Crippen LogP) is 3.62. The molecule has 0 aliphatic carbocycles. The molecule has 3 rings (SSSR count). The molecule has 1 aliphatic heterocycles. The van der Waals surface area contributed by atoms with Crippen LogP contribution in [0.3, 0.4) is 0 Å². The van der Waals surface area contributed by atoms with Crippen LogP contribution in [0.4, 0.5) is 10.5 Å². The summed E-state index contributed by atoms with van der Waals surface area (Å²) in [5, 5.41) is 12.3. The summed E-state index contributed by atoms with van der Waals surface area (Å²) < 4.78 is 10.7. The average molecular weight is 384 g/mol. The molecule has 0 aromatic heterocycles. The van der Waals surface area contributed by atoms with Gasteiger partial charge in [-0.1, -0.05) is 17.7 Å². The SMILES string of the molecule is COc1cc2c(cc1OC)C(CC(=O)O)N(C(=O)Nc1ccc(C)cc1)CC2. The lowest BCUT2D eigenvalue weighted by atomic mass is 9.90. The van der Waals surface area contributed by atoms with E-state index in [1.165, 1.54) is 7.11 Å². The van der Waals surface area contributed by atoms with Crippen LogP contribution in [0.15, 0.2) is 36.4 Å². The number of hydrogen-bond donors (Lipinski definition) is 2. The predicted molar refractivity (Wildman–Crippen MR) is 105 cm³/mol. The van der Waals surface area contributed by atoms with Gasteiger partial charge in [0.25, 0.3) is 0 Å². The van der Waals surface area contributed by atoms with Crippen LogP contribution in [-0.4, -0.2) is 42.8 Å². The normalized spacial score (nSPS) is 15.5. The summed E-state index contributed by atoms with van der Waals surface area (Å²) in [6.07, 6.45) is 0.414. The molecule has 1 heterocycles. The van der Waals surface area contributed by atoms with Crippen molar-refractivity contribution >= 4 is 17.7 Å². The number of rotatable bonds is 5. The van der Waals surface area contributed by atoms with Crippen LogP contribution in [0.25, 0.3) is 0 Å². The minimum absolute atomic E-state index is 0.191. The Hall–Kier alpha value is -3.22. The number of methoxy groups -OCH3 is 2. The van der Waals surface area contributed by atoms with Gasteiger partial charge in [0, 0.05) is 12.2 Å². The van der Waals surface area contributed by atoms with Gasteiger partial charge in [0.05, 0.1) is 26.7 Å². The number of aliphatic carboxylic acids is 1. The molecule has 7 nitrogen and oxygen atoms in total. The van der Waals surface area contributed by atoms with Crippen molar-refractivity contribution in [3.8, 4) is 11.5 Å². The quantitative estimate of drug-likeness (QED) is 0.822. The number of carboxylic acids is 1. The Kier molecular flexibility index (Phi) is 5.73. The highest BCUT2D eigenvalue weighted by atomic mass is 16.5. The lowest BCUT2D eigenvalue weighted by molar-refractivity contribution is -0.138. The van der Waals surface area contributed by atoms with E-state index in [2.05, 4.69) is 5.32 Å². The molecule has 148 valence electrons. The number of carbonyl (C=O) groups is 2. The smallest absolute Gasteiger partial charge is 0.322 e. The van der Waals surface area contributed by atoms with E-state index < -0.39 is 12.0 Å². The first-order valence-electron chi connectivity index (χ1n) is 9.03. The van der Waals surface area contributed by atoms with Gasteiger partial charge in [0.2, 0.25) is 0 Å². The molecule has 2 aromatic rings. The van der Waals surface area contributed by atoms with Gasteiger partial charge < -0.3 is 24.8 Å². The third-order valence-electron chi connectivity index (χ3n) is 4.93. The third kappa shape index (κ3) is 4.03. The molecule has 28 heavy (non-hydrogen) atoms. The molecule has 1 aliphatic rings. The number of hydrogen-bond acceptors (Lipinski definition) is 4. The van der Waals surface area contributed by atoms with Crippen molar-refractivity contribution in [2.75, 3.05) is 26.1 Å². The van der Waals surface area contributed by atoms with Crippen molar-refractivity contribution in [3.05, 3.63) is 53.1 Å². The summed E-state index contributed by atoms with van der Waals surface area (Å²) in [4.78, 5) is 26.0. The van der Waals surface area contributed by atoms with Crippen molar-refractivity contribution in [1.82, 2.24) is 4.90 Å². The Morgan fingerprint density at radius 3 is 2.39 bits per heavy atom. The van der Waals surface area contributed by atoms with Gasteiger partial charge in [-0.05, 0) is 48.7 Å². The molecule has 2 N–H and O–H groups in total. The van der Waals surface area contributed by atoms with Crippen molar-refractivity contribution in [2.24, 2.45) is 0 Å². The fraction of sp³-hybridized carbons (Fsp3) is 0.333. The van der Waals surface area contributed by atoms with Crippen molar-refractivity contribution < 1.29 is 24.2 Å². The monoisotopic (exact) mass is 384 g/mol. The van der Waals surface area contributed by atoms with E-state index in [0.717, 1.165) is 16.7 Å². The van der Waals surface area contributed by atoms with E-state index in [1.807, 2.05) is 37.3 Å². The molecule has 0 spiro atoms. The van der Waals surface area contributed by atoms with E-state index >= 15 is 0 Å². The topological polar surface area (TPSA) is 88.1 Å². The van der Waals surface area contributed by atoms with Gasteiger partial charge in [0.15, 0.2) is 11.5 Å². The van der Waals surface area contributed by atoms with Gasteiger partial charge in [-0.25, -0.2) is 4.79 Å². The zero-order valence-electron chi connectivity index (χ0n) is 16.2. The number of fused-ring (bicyclic) bond motifs is 1. The molecule has 7 heteroatoms. The average Bonchev–Trinajstić information content (AvgIpc) is 2.68. The molecule has 0 saturated heterocycles. The first-order valence-corrected chi connectivity index (χ1v) is 9.03. The van der Waals surface area contributed by atoms with Crippen LogP contribution in [-0.2, 0) is 11.2 Å². The van der Waals surface area contributed by atoms with Gasteiger partial charge in [-0.3, -0.25) is 4.79 Å². The van der Waals surface area contributed by atoms with Gasteiger partial charge >= 0.3 is 12.0 Å². The van der Waals surface area contributed by atoms with Crippen LogP contribution >= 0.6 is 0 Å². The minimum Gasteiger partial charge on any atom is -0.493 e. The van der Waals surface area contributed by atoms with E-state index in [9.17, 15) is 14.7 Å². The summed E-state index contributed by atoms with van der Waals surface area (Å²) in [7, 11) is 3.09. The minimum atomic E-state index is -0.972. The number of urea groups is 1. The number of nitrogens with one attached hydrogen (secondary N) is 1. The van der Waals surface area contributed by atoms with Gasteiger partial charge in [-0.2, -0.15) is 0 Å². The molecule has 2 aromatic carbocycles. The molecule has 2 amide bonds. The summed E-state index contributed by atoms with van der Waals surface area (Å²) in [5.74, 6) is 0.131.